The van der Waals surface area contributed by atoms with E-state index in [1.807, 2.05) is 0 Å². The Bertz CT molecular complexity index is 497. The zero-order valence-corrected chi connectivity index (χ0v) is 10.9. The lowest BCUT2D eigenvalue weighted by Crippen LogP contribution is -2.02. The Balaban J connectivity index is 2.54. The van der Waals surface area contributed by atoms with E-state index in [0.717, 1.165) is 25.9 Å². The highest BCUT2D eigenvalue weighted by Crippen LogP contribution is 2.24. The van der Waals surface area contributed by atoms with Gasteiger partial charge in [-0.3, -0.25) is 0 Å². The maximum atomic E-state index is 5.70. The second-order valence-electron chi connectivity index (χ2n) is 4.59. The fraction of sp³-hybridized carbons (Fsp3) is 0.467. The lowest BCUT2D eigenvalue weighted by atomic mass is 10.1. The van der Waals surface area contributed by atoms with E-state index in [1.165, 1.54) is 28.5 Å². The minimum atomic E-state index is 0.724. The fourth-order valence-electron chi connectivity index (χ4n) is 2.42. The standard InChI is InChI=1S/C15H22N2/c1-3-9-17-11-13(7-8-16)14-10-12(4-2)5-6-15(14)17/h5-6,10-11H,3-4,7-9,16H2,1-2H3. The third-order valence-electron chi connectivity index (χ3n) is 3.31. The summed E-state index contributed by atoms with van der Waals surface area (Å²) in [7, 11) is 0. The van der Waals surface area contributed by atoms with E-state index in [4.69, 9.17) is 5.73 Å². The molecular formula is C15H22N2. The molecule has 2 heteroatoms. The van der Waals surface area contributed by atoms with Gasteiger partial charge in [0.15, 0.2) is 0 Å². The number of benzene rings is 1. The lowest BCUT2D eigenvalue weighted by molar-refractivity contribution is 0.700. The minimum absolute atomic E-state index is 0.724. The maximum Gasteiger partial charge on any atom is 0.0483 e. The molecule has 0 fully saturated rings. The largest absolute Gasteiger partial charge is 0.347 e. The van der Waals surface area contributed by atoms with Crippen LogP contribution in [0.2, 0.25) is 0 Å². The molecule has 92 valence electrons. The summed E-state index contributed by atoms with van der Waals surface area (Å²) in [4.78, 5) is 0. The zero-order chi connectivity index (χ0) is 12.3. The molecule has 0 atom stereocenters. The first-order valence-corrected chi connectivity index (χ1v) is 6.60. The van der Waals surface area contributed by atoms with Crippen LogP contribution in [0.5, 0.6) is 0 Å². The summed E-state index contributed by atoms with van der Waals surface area (Å²) in [6.45, 7) is 6.23. The molecule has 1 aromatic carbocycles. The van der Waals surface area contributed by atoms with Crippen molar-refractivity contribution >= 4 is 10.9 Å². The van der Waals surface area contributed by atoms with Crippen LogP contribution in [0, 0.1) is 0 Å². The highest BCUT2D eigenvalue weighted by atomic mass is 15.0. The van der Waals surface area contributed by atoms with E-state index in [1.54, 1.807) is 0 Å². The molecular weight excluding hydrogens is 208 g/mol. The summed E-state index contributed by atoms with van der Waals surface area (Å²) in [5, 5.41) is 1.39. The smallest absolute Gasteiger partial charge is 0.0483 e. The van der Waals surface area contributed by atoms with Crippen molar-refractivity contribution in [3.63, 3.8) is 0 Å². The van der Waals surface area contributed by atoms with Gasteiger partial charge in [0, 0.05) is 23.6 Å². The first kappa shape index (κ1) is 12.2. The van der Waals surface area contributed by atoms with Crippen molar-refractivity contribution in [1.82, 2.24) is 4.57 Å². The predicted molar refractivity (Wildman–Crippen MR) is 74.4 cm³/mol. The van der Waals surface area contributed by atoms with Crippen molar-refractivity contribution in [3.05, 3.63) is 35.5 Å². The average molecular weight is 230 g/mol. The van der Waals surface area contributed by atoms with Crippen LogP contribution in [0.25, 0.3) is 10.9 Å². The molecule has 0 aliphatic heterocycles. The third-order valence-corrected chi connectivity index (χ3v) is 3.31. The van der Waals surface area contributed by atoms with E-state index in [2.05, 4.69) is 42.8 Å². The molecule has 0 radical (unpaired) electrons. The van der Waals surface area contributed by atoms with Crippen LogP contribution in [-0.2, 0) is 19.4 Å². The molecule has 17 heavy (non-hydrogen) atoms. The van der Waals surface area contributed by atoms with Crippen molar-refractivity contribution < 1.29 is 0 Å². The van der Waals surface area contributed by atoms with E-state index in [0.29, 0.717) is 0 Å². The van der Waals surface area contributed by atoms with Crippen LogP contribution in [-0.4, -0.2) is 11.1 Å². The van der Waals surface area contributed by atoms with E-state index in [9.17, 15) is 0 Å². The quantitative estimate of drug-likeness (QED) is 0.840. The molecule has 0 spiro atoms. The van der Waals surface area contributed by atoms with Crippen LogP contribution in [0.4, 0.5) is 0 Å². The van der Waals surface area contributed by atoms with Crippen molar-refractivity contribution in [2.24, 2.45) is 5.73 Å². The monoisotopic (exact) mass is 230 g/mol. The molecule has 0 unspecified atom stereocenters. The first-order valence-electron chi connectivity index (χ1n) is 6.60. The number of nitrogens with two attached hydrogens (primary N) is 1. The summed E-state index contributed by atoms with van der Waals surface area (Å²) in [5.74, 6) is 0. The summed E-state index contributed by atoms with van der Waals surface area (Å²) in [5.41, 5.74) is 9.85. The Kier molecular flexibility index (Phi) is 3.85. The van der Waals surface area contributed by atoms with Gasteiger partial charge in [-0.05, 0) is 49.1 Å². The Hall–Kier alpha value is -1.28. The Labute approximate surface area is 103 Å². The number of aromatic nitrogens is 1. The molecule has 1 aromatic heterocycles. The third kappa shape index (κ3) is 2.37. The van der Waals surface area contributed by atoms with Crippen LogP contribution in [0.3, 0.4) is 0 Å². The van der Waals surface area contributed by atoms with Crippen LogP contribution in [0.1, 0.15) is 31.4 Å². The number of hydrogen-bond donors (Lipinski definition) is 1. The van der Waals surface area contributed by atoms with Crippen molar-refractivity contribution in [3.8, 4) is 0 Å². The van der Waals surface area contributed by atoms with Gasteiger partial charge >= 0.3 is 0 Å². The second-order valence-corrected chi connectivity index (χ2v) is 4.59. The van der Waals surface area contributed by atoms with E-state index in [-0.39, 0.29) is 0 Å². The normalized spacial score (nSPS) is 11.2. The van der Waals surface area contributed by atoms with Gasteiger partial charge in [-0.1, -0.05) is 19.9 Å². The van der Waals surface area contributed by atoms with E-state index < -0.39 is 0 Å². The van der Waals surface area contributed by atoms with Gasteiger partial charge in [0.25, 0.3) is 0 Å². The molecule has 0 saturated carbocycles. The molecule has 2 N–H and O–H groups in total. The number of nitrogens with zero attached hydrogens (tertiary/aromatic N) is 1. The van der Waals surface area contributed by atoms with Crippen LogP contribution in [0.15, 0.2) is 24.4 Å². The highest BCUT2D eigenvalue weighted by Gasteiger charge is 2.07. The molecule has 2 aromatic rings. The number of rotatable bonds is 5. The molecule has 0 aliphatic carbocycles. The summed E-state index contributed by atoms with van der Waals surface area (Å²) < 4.78 is 2.36. The topological polar surface area (TPSA) is 30.9 Å². The van der Waals surface area contributed by atoms with E-state index >= 15 is 0 Å². The fourth-order valence-corrected chi connectivity index (χ4v) is 2.42. The number of hydrogen-bond acceptors (Lipinski definition) is 1. The Morgan fingerprint density at radius 2 is 2.06 bits per heavy atom. The van der Waals surface area contributed by atoms with Crippen LogP contribution < -0.4 is 5.73 Å². The van der Waals surface area contributed by atoms with Gasteiger partial charge in [0.05, 0.1) is 0 Å². The molecule has 0 aliphatic rings. The number of aryl methyl sites for hydroxylation is 2. The highest BCUT2D eigenvalue weighted by molar-refractivity contribution is 5.84. The first-order chi connectivity index (χ1) is 8.30. The van der Waals surface area contributed by atoms with Gasteiger partial charge in [0.2, 0.25) is 0 Å². The number of fused-ring (bicyclic) bond motifs is 1. The molecule has 1 heterocycles. The van der Waals surface area contributed by atoms with Gasteiger partial charge in [0.1, 0.15) is 0 Å². The van der Waals surface area contributed by atoms with Gasteiger partial charge in [-0.15, -0.1) is 0 Å². The van der Waals surface area contributed by atoms with Gasteiger partial charge in [-0.25, -0.2) is 0 Å². The van der Waals surface area contributed by atoms with Crippen LogP contribution >= 0.6 is 0 Å². The minimum Gasteiger partial charge on any atom is -0.347 e. The van der Waals surface area contributed by atoms with Crippen molar-refractivity contribution in [1.29, 1.82) is 0 Å². The molecule has 0 bridgehead atoms. The second kappa shape index (κ2) is 5.37. The Morgan fingerprint density at radius 1 is 1.24 bits per heavy atom. The molecule has 0 saturated heterocycles. The SMILES string of the molecule is CCCn1cc(CCN)c2cc(CC)ccc21. The molecule has 0 amide bonds. The average Bonchev–Trinajstić information content (AvgIpc) is 2.68. The predicted octanol–water partition coefficient (Wildman–Crippen LogP) is 3.11. The van der Waals surface area contributed by atoms with Gasteiger partial charge in [-0.2, -0.15) is 0 Å². The summed E-state index contributed by atoms with van der Waals surface area (Å²) >= 11 is 0. The van der Waals surface area contributed by atoms with Crippen molar-refractivity contribution in [2.75, 3.05) is 6.54 Å². The lowest BCUT2D eigenvalue weighted by Gasteiger charge is -2.03. The maximum absolute atomic E-state index is 5.70. The Morgan fingerprint density at radius 3 is 2.71 bits per heavy atom. The van der Waals surface area contributed by atoms with Crippen molar-refractivity contribution in [2.45, 2.75) is 39.7 Å². The summed E-state index contributed by atoms with van der Waals surface area (Å²) in [6.07, 6.45) is 5.51. The molecule has 2 nitrogen and oxygen atoms in total. The van der Waals surface area contributed by atoms with Gasteiger partial charge < -0.3 is 10.3 Å². The summed E-state index contributed by atoms with van der Waals surface area (Å²) in [6, 6.07) is 6.82. The zero-order valence-electron chi connectivity index (χ0n) is 10.9. The molecule has 2 rings (SSSR count).